The molecule has 5 heteroatoms. The number of amides is 1. The van der Waals surface area contributed by atoms with E-state index in [0.717, 1.165) is 38.6 Å². The summed E-state index contributed by atoms with van der Waals surface area (Å²) in [4.78, 5) is 22.3. The van der Waals surface area contributed by atoms with Gasteiger partial charge in [0.25, 0.3) is 0 Å². The summed E-state index contributed by atoms with van der Waals surface area (Å²) in [5.41, 5.74) is 0. The second-order valence-corrected chi connectivity index (χ2v) is 4.63. The SMILES string of the molecule is CCOC(=O)CCCCCNCC(=O)NC1CC1. The molecule has 1 saturated carbocycles. The molecule has 1 aliphatic carbocycles. The number of esters is 1. The Hall–Kier alpha value is -1.10. The Bertz CT molecular complexity index is 265. The predicted molar refractivity (Wildman–Crippen MR) is 69.1 cm³/mol. The van der Waals surface area contributed by atoms with Crippen molar-refractivity contribution >= 4 is 11.9 Å². The monoisotopic (exact) mass is 256 g/mol. The molecule has 0 atom stereocenters. The lowest BCUT2D eigenvalue weighted by Gasteiger charge is -2.05. The van der Waals surface area contributed by atoms with Crippen molar-refractivity contribution in [2.75, 3.05) is 19.7 Å². The van der Waals surface area contributed by atoms with E-state index < -0.39 is 0 Å². The van der Waals surface area contributed by atoms with Crippen molar-refractivity contribution in [2.24, 2.45) is 0 Å². The first kappa shape index (κ1) is 15.0. The largest absolute Gasteiger partial charge is 0.466 e. The molecule has 1 rings (SSSR count). The summed E-state index contributed by atoms with van der Waals surface area (Å²) < 4.78 is 4.84. The Balaban J connectivity index is 1.80. The first-order valence-corrected chi connectivity index (χ1v) is 6.88. The zero-order valence-corrected chi connectivity index (χ0v) is 11.2. The van der Waals surface area contributed by atoms with E-state index in [9.17, 15) is 9.59 Å². The molecular formula is C13H24N2O3. The third-order valence-electron chi connectivity index (χ3n) is 2.77. The number of hydrogen-bond donors (Lipinski definition) is 2. The van der Waals surface area contributed by atoms with Crippen LogP contribution in [0.5, 0.6) is 0 Å². The normalized spacial score (nSPS) is 14.3. The second-order valence-electron chi connectivity index (χ2n) is 4.63. The van der Waals surface area contributed by atoms with Crippen molar-refractivity contribution in [2.45, 2.75) is 51.5 Å². The molecule has 0 unspecified atom stereocenters. The average Bonchev–Trinajstić information content (AvgIpc) is 3.12. The van der Waals surface area contributed by atoms with Gasteiger partial charge in [0.15, 0.2) is 0 Å². The Labute approximate surface area is 109 Å². The predicted octanol–water partition coefficient (Wildman–Crippen LogP) is 0.978. The zero-order valence-electron chi connectivity index (χ0n) is 11.2. The lowest BCUT2D eigenvalue weighted by atomic mass is 10.2. The Morgan fingerprint density at radius 3 is 2.67 bits per heavy atom. The molecule has 5 nitrogen and oxygen atoms in total. The lowest BCUT2D eigenvalue weighted by Crippen LogP contribution is -2.35. The summed E-state index contributed by atoms with van der Waals surface area (Å²) in [5.74, 6) is -0.0294. The van der Waals surface area contributed by atoms with E-state index in [1.165, 1.54) is 0 Å². The van der Waals surface area contributed by atoms with Gasteiger partial charge in [-0.05, 0) is 39.2 Å². The van der Waals surface area contributed by atoms with Crippen LogP contribution >= 0.6 is 0 Å². The first-order chi connectivity index (χ1) is 8.72. The van der Waals surface area contributed by atoms with Gasteiger partial charge in [0.1, 0.15) is 0 Å². The molecular weight excluding hydrogens is 232 g/mol. The summed E-state index contributed by atoms with van der Waals surface area (Å²) in [5, 5.41) is 6.03. The minimum atomic E-state index is -0.116. The Morgan fingerprint density at radius 1 is 1.22 bits per heavy atom. The van der Waals surface area contributed by atoms with Crippen LogP contribution in [0.1, 0.15) is 45.4 Å². The highest BCUT2D eigenvalue weighted by Gasteiger charge is 2.22. The molecule has 0 bridgehead atoms. The third kappa shape index (κ3) is 8.06. The van der Waals surface area contributed by atoms with Crippen LogP contribution in [0.25, 0.3) is 0 Å². The maximum absolute atomic E-state index is 11.3. The van der Waals surface area contributed by atoms with E-state index in [4.69, 9.17) is 4.74 Å². The Kier molecular flexibility index (Phi) is 7.41. The van der Waals surface area contributed by atoms with E-state index >= 15 is 0 Å². The van der Waals surface area contributed by atoms with E-state index in [-0.39, 0.29) is 11.9 Å². The van der Waals surface area contributed by atoms with Gasteiger partial charge in [0.05, 0.1) is 13.2 Å². The average molecular weight is 256 g/mol. The molecule has 0 spiro atoms. The summed E-state index contributed by atoms with van der Waals surface area (Å²) in [7, 11) is 0. The van der Waals surface area contributed by atoms with Crippen LogP contribution in [0, 0.1) is 0 Å². The number of ether oxygens (including phenoxy) is 1. The van der Waals surface area contributed by atoms with Crippen LogP contribution in [-0.4, -0.2) is 37.6 Å². The van der Waals surface area contributed by atoms with Crippen molar-refractivity contribution in [3.63, 3.8) is 0 Å². The molecule has 0 aromatic rings. The maximum Gasteiger partial charge on any atom is 0.305 e. The second kappa shape index (κ2) is 8.91. The smallest absolute Gasteiger partial charge is 0.305 e. The number of unbranched alkanes of at least 4 members (excludes halogenated alkanes) is 2. The van der Waals surface area contributed by atoms with Gasteiger partial charge in [0, 0.05) is 12.5 Å². The van der Waals surface area contributed by atoms with E-state index in [1.54, 1.807) is 0 Å². The molecule has 1 aliphatic rings. The molecule has 0 aliphatic heterocycles. The topological polar surface area (TPSA) is 67.4 Å². The van der Waals surface area contributed by atoms with Crippen molar-refractivity contribution < 1.29 is 14.3 Å². The van der Waals surface area contributed by atoms with Gasteiger partial charge in [-0.3, -0.25) is 9.59 Å². The van der Waals surface area contributed by atoms with Gasteiger partial charge in [-0.2, -0.15) is 0 Å². The molecule has 0 radical (unpaired) electrons. The van der Waals surface area contributed by atoms with E-state index in [0.29, 0.717) is 25.6 Å². The van der Waals surface area contributed by atoms with Crippen molar-refractivity contribution in [3.8, 4) is 0 Å². The molecule has 2 N–H and O–H groups in total. The van der Waals surface area contributed by atoms with E-state index in [2.05, 4.69) is 10.6 Å². The molecule has 1 fully saturated rings. The lowest BCUT2D eigenvalue weighted by molar-refractivity contribution is -0.143. The summed E-state index contributed by atoms with van der Waals surface area (Å²) in [6.45, 7) is 3.49. The maximum atomic E-state index is 11.3. The quantitative estimate of drug-likeness (QED) is 0.451. The molecule has 0 aromatic carbocycles. The van der Waals surface area contributed by atoms with Gasteiger partial charge >= 0.3 is 5.97 Å². The number of hydrogen-bond acceptors (Lipinski definition) is 4. The van der Waals surface area contributed by atoms with Crippen LogP contribution in [0.3, 0.4) is 0 Å². The van der Waals surface area contributed by atoms with Crippen LogP contribution < -0.4 is 10.6 Å². The highest BCUT2D eigenvalue weighted by molar-refractivity contribution is 5.78. The molecule has 0 saturated heterocycles. The molecule has 0 heterocycles. The summed E-state index contributed by atoms with van der Waals surface area (Å²) >= 11 is 0. The van der Waals surface area contributed by atoms with Crippen LogP contribution in [-0.2, 0) is 14.3 Å². The fraction of sp³-hybridized carbons (Fsp3) is 0.846. The van der Waals surface area contributed by atoms with Gasteiger partial charge in [-0.1, -0.05) is 6.42 Å². The minimum absolute atomic E-state index is 0.0871. The van der Waals surface area contributed by atoms with Crippen LogP contribution in [0.2, 0.25) is 0 Å². The minimum Gasteiger partial charge on any atom is -0.466 e. The number of nitrogens with one attached hydrogen (secondary N) is 2. The van der Waals surface area contributed by atoms with Crippen molar-refractivity contribution in [3.05, 3.63) is 0 Å². The number of carbonyl (C=O) groups excluding carboxylic acids is 2. The summed E-state index contributed by atoms with van der Waals surface area (Å²) in [6.07, 6.45) is 5.57. The fourth-order valence-electron chi connectivity index (χ4n) is 1.64. The highest BCUT2D eigenvalue weighted by Crippen LogP contribution is 2.18. The molecule has 104 valence electrons. The highest BCUT2D eigenvalue weighted by atomic mass is 16.5. The number of rotatable bonds is 10. The molecule has 1 amide bonds. The Morgan fingerprint density at radius 2 is 2.00 bits per heavy atom. The van der Waals surface area contributed by atoms with Crippen LogP contribution in [0.15, 0.2) is 0 Å². The zero-order chi connectivity index (χ0) is 13.2. The van der Waals surface area contributed by atoms with Crippen molar-refractivity contribution in [1.82, 2.24) is 10.6 Å². The van der Waals surface area contributed by atoms with Gasteiger partial charge < -0.3 is 15.4 Å². The van der Waals surface area contributed by atoms with Gasteiger partial charge in [0.2, 0.25) is 5.91 Å². The number of carbonyl (C=O) groups is 2. The molecule has 0 aromatic heterocycles. The van der Waals surface area contributed by atoms with Crippen LogP contribution in [0.4, 0.5) is 0 Å². The first-order valence-electron chi connectivity index (χ1n) is 6.88. The fourth-order valence-corrected chi connectivity index (χ4v) is 1.64. The third-order valence-corrected chi connectivity index (χ3v) is 2.77. The van der Waals surface area contributed by atoms with E-state index in [1.807, 2.05) is 6.92 Å². The van der Waals surface area contributed by atoms with Gasteiger partial charge in [-0.25, -0.2) is 0 Å². The van der Waals surface area contributed by atoms with Gasteiger partial charge in [-0.15, -0.1) is 0 Å². The summed E-state index contributed by atoms with van der Waals surface area (Å²) in [6, 6.07) is 0.434. The van der Waals surface area contributed by atoms with Crippen molar-refractivity contribution in [1.29, 1.82) is 0 Å². The standard InChI is InChI=1S/C13H24N2O3/c1-2-18-13(17)6-4-3-5-9-14-10-12(16)15-11-7-8-11/h11,14H,2-10H2,1H3,(H,15,16). The molecule has 18 heavy (non-hydrogen) atoms.